The molecule has 9 heteroatoms. The van der Waals surface area contributed by atoms with Crippen molar-refractivity contribution in [3.8, 4) is 11.5 Å². The fourth-order valence-corrected chi connectivity index (χ4v) is 3.72. The number of fused-ring (bicyclic) bond motifs is 1. The molecule has 1 atom stereocenters. The first-order valence-electron chi connectivity index (χ1n) is 10.9. The van der Waals surface area contributed by atoms with Gasteiger partial charge in [0.15, 0.2) is 11.8 Å². The van der Waals surface area contributed by atoms with E-state index in [4.69, 9.17) is 9.47 Å². The number of hydrogen-bond donors (Lipinski definition) is 2. The topological polar surface area (TPSA) is 85.6 Å². The zero-order valence-corrected chi connectivity index (χ0v) is 21.6. The van der Waals surface area contributed by atoms with E-state index in [1.54, 1.807) is 14.2 Å². The first-order valence-corrected chi connectivity index (χ1v) is 10.9. The molecule has 2 heterocycles. The molecule has 3 aromatic rings. The lowest BCUT2D eigenvalue weighted by atomic mass is 10.1. The Bertz CT molecular complexity index is 1070. The molecular weight excluding hydrogens is 531 g/mol. The number of ether oxygens (including phenoxy) is 2. The predicted molar refractivity (Wildman–Crippen MR) is 139 cm³/mol. The van der Waals surface area contributed by atoms with Crippen LogP contribution in [0.5, 0.6) is 11.5 Å². The summed E-state index contributed by atoms with van der Waals surface area (Å²) in [6.45, 7) is 3.85. The Balaban J connectivity index is 0.00000306. The van der Waals surface area contributed by atoms with Gasteiger partial charge in [-0.2, -0.15) is 5.10 Å². The van der Waals surface area contributed by atoms with Gasteiger partial charge in [0.1, 0.15) is 23.9 Å². The number of hydrogen-bond acceptors (Lipinski definition) is 5. The molecule has 0 saturated heterocycles. The van der Waals surface area contributed by atoms with Crippen LogP contribution < -0.4 is 15.4 Å². The average molecular weight is 562 g/mol. The molecule has 0 spiro atoms. The Morgan fingerprint density at radius 3 is 2.73 bits per heavy atom. The minimum Gasteiger partial charge on any atom is -0.457 e. The highest BCUT2D eigenvalue weighted by Gasteiger charge is 2.22. The van der Waals surface area contributed by atoms with E-state index >= 15 is 0 Å². The van der Waals surface area contributed by atoms with Crippen molar-refractivity contribution < 1.29 is 9.47 Å². The fraction of sp³-hybridized carbons (Fsp3) is 0.375. The molecule has 0 saturated carbocycles. The van der Waals surface area contributed by atoms with Gasteiger partial charge in [-0.15, -0.1) is 24.0 Å². The number of aromatic nitrogens is 3. The van der Waals surface area contributed by atoms with Gasteiger partial charge in [-0.05, 0) is 31.5 Å². The van der Waals surface area contributed by atoms with Gasteiger partial charge >= 0.3 is 0 Å². The number of nitrogens with zero attached hydrogens (tertiary/aromatic N) is 4. The van der Waals surface area contributed by atoms with Crippen LogP contribution in [0.1, 0.15) is 29.2 Å². The third kappa shape index (κ3) is 6.67. The summed E-state index contributed by atoms with van der Waals surface area (Å²) in [6.07, 6.45) is 1.84. The van der Waals surface area contributed by atoms with Crippen LogP contribution in [0.25, 0.3) is 0 Å². The van der Waals surface area contributed by atoms with Gasteiger partial charge in [0.25, 0.3) is 0 Å². The van der Waals surface area contributed by atoms with E-state index in [0.717, 1.165) is 54.1 Å². The van der Waals surface area contributed by atoms with E-state index in [0.29, 0.717) is 13.2 Å². The number of methoxy groups -OCH3 is 1. The molecule has 0 amide bonds. The van der Waals surface area contributed by atoms with Crippen molar-refractivity contribution in [1.82, 2.24) is 25.4 Å². The molecule has 4 rings (SSSR count). The lowest BCUT2D eigenvalue weighted by Gasteiger charge is -2.25. The van der Waals surface area contributed by atoms with Crippen molar-refractivity contribution in [2.24, 2.45) is 4.99 Å². The number of nitrogens with one attached hydrogen (secondary N) is 2. The van der Waals surface area contributed by atoms with Crippen LogP contribution in [0.4, 0.5) is 0 Å². The van der Waals surface area contributed by atoms with E-state index in [-0.39, 0.29) is 30.0 Å². The number of para-hydroxylation sites is 1. The van der Waals surface area contributed by atoms with Gasteiger partial charge in [0.2, 0.25) is 0 Å². The molecule has 8 nitrogen and oxygen atoms in total. The minimum atomic E-state index is 0. The van der Waals surface area contributed by atoms with Gasteiger partial charge in [0, 0.05) is 38.7 Å². The van der Waals surface area contributed by atoms with Crippen molar-refractivity contribution in [2.75, 3.05) is 14.2 Å². The maximum Gasteiger partial charge on any atom is 0.191 e. The Morgan fingerprint density at radius 1 is 1.18 bits per heavy atom. The zero-order valence-electron chi connectivity index (χ0n) is 19.2. The first kappa shape index (κ1) is 25.0. The van der Waals surface area contributed by atoms with Gasteiger partial charge in [-0.25, -0.2) is 9.67 Å². The quantitative estimate of drug-likeness (QED) is 0.259. The number of benzene rings is 2. The van der Waals surface area contributed by atoms with Crippen molar-refractivity contribution in [3.05, 3.63) is 71.3 Å². The highest BCUT2D eigenvalue weighted by molar-refractivity contribution is 14.0. The number of aryl methyl sites for hydroxylation is 2. The Labute approximate surface area is 211 Å². The van der Waals surface area contributed by atoms with Gasteiger partial charge < -0.3 is 20.1 Å². The van der Waals surface area contributed by atoms with Crippen molar-refractivity contribution in [1.29, 1.82) is 0 Å². The molecule has 1 aliphatic rings. The largest absolute Gasteiger partial charge is 0.457 e. The summed E-state index contributed by atoms with van der Waals surface area (Å²) in [4.78, 5) is 8.94. The van der Waals surface area contributed by atoms with Crippen molar-refractivity contribution in [2.45, 2.75) is 45.5 Å². The minimum absolute atomic E-state index is 0. The molecule has 0 aliphatic carbocycles. The normalized spacial score (nSPS) is 15.4. The van der Waals surface area contributed by atoms with E-state index < -0.39 is 0 Å². The van der Waals surface area contributed by atoms with Gasteiger partial charge in [-0.3, -0.25) is 4.99 Å². The summed E-state index contributed by atoms with van der Waals surface area (Å²) in [5.41, 5.74) is 2.26. The zero-order chi connectivity index (χ0) is 22.3. The van der Waals surface area contributed by atoms with Gasteiger partial charge in [0.05, 0.1) is 6.54 Å². The Kier molecular flexibility index (Phi) is 9.07. The summed E-state index contributed by atoms with van der Waals surface area (Å²) in [7, 11) is 3.44. The molecule has 2 N–H and O–H groups in total. The molecule has 176 valence electrons. The summed E-state index contributed by atoms with van der Waals surface area (Å²) in [6, 6.07) is 16.3. The summed E-state index contributed by atoms with van der Waals surface area (Å²) in [5.74, 6) is 4.15. The fourth-order valence-electron chi connectivity index (χ4n) is 3.72. The van der Waals surface area contributed by atoms with Crippen LogP contribution in [-0.4, -0.2) is 40.9 Å². The highest BCUT2D eigenvalue weighted by Crippen LogP contribution is 2.25. The summed E-state index contributed by atoms with van der Waals surface area (Å²) in [5, 5.41) is 11.5. The van der Waals surface area contributed by atoms with E-state index in [1.165, 1.54) is 5.56 Å². The molecule has 0 radical (unpaired) electrons. The first-order chi connectivity index (χ1) is 15.6. The summed E-state index contributed by atoms with van der Waals surface area (Å²) < 4.78 is 13.2. The number of aliphatic imine (C=N–C) groups is 1. The van der Waals surface area contributed by atoms with Crippen LogP contribution in [-0.2, 0) is 30.9 Å². The second-order valence-electron chi connectivity index (χ2n) is 7.89. The maximum atomic E-state index is 6.11. The molecule has 2 aromatic carbocycles. The smallest absolute Gasteiger partial charge is 0.191 e. The number of rotatable bonds is 7. The molecule has 1 aliphatic heterocycles. The standard InChI is InChI=1S/C24H30N6O2.HI/c1-17-8-11-20(12-9-17)32-21-7-5-4-6-18(21)14-26-24(25-2)27-19-10-13-23-28-22(16-31-3)29-30(23)15-19;/h4-9,11-12,19H,10,13-16H2,1-3H3,(H2,25,26,27);1H. The molecule has 1 aromatic heterocycles. The number of halogens is 1. The maximum absolute atomic E-state index is 6.11. The van der Waals surface area contributed by atoms with Crippen LogP contribution in [0, 0.1) is 6.92 Å². The monoisotopic (exact) mass is 562 g/mol. The molecular formula is C24H31IN6O2. The highest BCUT2D eigenvalue weighted by atomic mass is 127. The van der Waals surface area contributed by atoms with Crippen molar-refractivity contribution in [3.63, 3.8) is 0 Å². The second kappa shape index (κ2) is 12.0. The van der Waals surface area contributed by atoms with E-state index in [1.807, 2.05) is 47.1 Å². The molecule has 1 unspecified atom stereocenters. The molecule has 0 bridgehead atoms. The summed E-state index contributed by atoms with van der Waals surface area (Å²) >= 11 is 0. The van der Waals surface area contributed by atoms with Crippen LogP contribution in [0.3, 0.4) is 0 Å². The number of guanidine groups is 1. The van der Waals surface area contributed by atoms with Crippen LogP contribution in [0.2, 0.25) is 0 Å². The van der Waals surface area contributed by atoms with Crippen LogP contribution >= 0.6 is 24.0 Å². The Hall–Kier alpha value is -2.66. The van der Waals surface area contributed by atoms with E-state index in [2.05, 4.69) is 38.7 Å². The second-order valence-corrected chi connectivity index (χ2v) is 7.89. The average Bonchev–Trinajstić information content (AvgIpc) is 3.21. The molecule has 0 fully saturated rings. The Morgan fingerprint density at radius 2 is 1.97 bits per heavy atom. The third-order valence-corrected chi connectivity index (χ3v) is 5.41. The van der Waals surface area contributed by atoms with Gasteiger partial charge in [-0.1, -0.05) is 35.9 Å². The van der Waals surface area contributed by atoms with E-state index in [9.17, 15) is 0 Å². The lowest BCUT2D eigenvalue weighted by molar-refractivity contribution is 0.177. The lowest BCUT2D eigenvalue weighted by Crippen LogP contribution is -2.46. The van der Waals surface area contributed by atoms with Crippen molar-refractivity contribution >= 4 is 29.9 Å². The third-order valence-electron chi connectivity index (χ3n) is 5.41. The predicted octanol–water partition coefficient (Wildman–Crippen LogP) is 3.82. The SMILES string of the molecule is CN=C(NCc1ccccc1Oc1ccc(C)cc1)NC1CCc2nc(COC)nn2C1.I. The molecule has 33 heavy (non-hydrogen) atoms. The van der Waals surface area contributed by atoms with Crippen LogP contribution in [0.15, 0.2) is 53.5 Å².